The van der Waals surface area contributed by atoms with Gasteiger partial charge in [-0.15, -0.1) is 0 Å². The minimum absolute atomic E-state index is 0.0905. The van der Waals surface area contributed by atoms with Gasteiger partial charge in [-0.3, -0.25) is 14.9 Å². The van der Waals surface area contributed by atoms with E-state index in [1.165, 1.54) is 0 Å². The molecule has 7 heteroatoms. The van der Waals surface area contributed by atoms with Crippen molar-refractivity contribution in [3.8, 4) is 0 Å². The second-order valence-corrected chi connectivity index (χ2v) is 2.82. The van der Waals surface area contributed by atoms with E-state index >= 15 is 0 Å². The van der Waals surface area contributed by atoms with Crippen molar-refractivity contribution < 1.29 is 24.0 Å². The van der Waals surface area contributed by atoms with Gasteiger partial charge in [-0.2, -0.15) is 0 Å². The first-order valence-electron chi connectivity index (χ1n) is 4.34. The highest BCUT2D eigenvalue weighted by atomic mass is 16.6. The molecule has 0 spiro atoms. The van der Waals surface area contributed by atoms with Crippen LogP contribution >= 0.6 is 0 Å². The Labute approximate surface area is 86.5 Å². The Morgan fingerprint density at radius 3 is 2.47 bits per heavy atom. The molecule has 0 heterocycles. The maximum Gasteiger partial charge on any atom is 0.347 e. The number of methoxy groups -OCH3 is 1. The molecule has 0 fully saturated rings. The molecule has 7 nitrogen and oxygen atoms in total. The van der Waals surface area contributed by atoms with Gasteiger partial charge in [0, 0.05) is 24.7 Å². The van der Waals surface area contributed by atoms with Gasteiger partial charge in [0.05, 0.1) is 7.11 Å². The Morgan fingerprint density at radius 1 is 1.47 bits per heavy atom. The predicted molar refractivity (Wildman–Crippen MR) is 48.7 cm³/mol. The third-order valence-electron chi connectivity index (χ3n) is 1.58. The second-order valence-electron chi connectivity index (χ2n) is 2.82. The molecule has 0 bridgehead atoms. The van der Waals surface area contributed by atoms with E-state index < -0.39 is 23.0 Å². The van der Waals surface area contributed by atoms with E-state index in [9.17, 15) is 19.7 Å². The molecule has 1 unspecified atom stereocenters. The monoisotopic (exact) mass is 219 g/mol. The fourth-order valence-electron chi connectivity index (χ4n) is 0.962. The van der Waals surface area contributed by atoms with Crippen LogP contribution in [0.1, 0.15) is 19.8 Å². The lowest BCUT2D eigenvalue weighted by atomic mass is 10.2. The summed E-state index contributed by atoms with van der Waals surface area (Å²) in [5, 5.41) is 10.0. The number of hydrogen-bond donors (Lipinski definition) is 0. The predicted octanol–water partition coefficient (Wildman–Crippen LogP) is 0.148. The summed E-state index contributed by atoms with van der Waals surface area (Å²) in [5.74, 6) is -1.32. The molecule has 0 saturated carbocycles. The second kappa shape index (κ2) is 6.74. The summed E-state index contributed by atoms with van der Waals surface area (Å²) < 4.78 is 9.03. The SMILES string of the molecule is COC(=O)C(CCC[N+](=O)[O-])OC(C)=O. The third-order valence-corrected chi connectivity index (χ3v) is 1.58. The number of rotatable bonds is 6. The molecule has 1 atom stereocenters. The zero-order chi connectivity index (χ0) is 11.8. The molecule has 0 radical (unpaired) electrons. The Bertz CT molecular complexity index is 252. The minimum Gasteiger partial charge on any atom is -0.466 e. The molecule has 0 saturated heterocycles. The summed E-state index contributed by atoms with van der Waals surface area (Å²) in [4.78, 5) is 31.2. The number of nitrogens with zero attached hydrogens (tertiary/aromatic N) is 1. The number of nitro groups is 1. The fraction of sp³-hybridized carbons (Fsp3) is 0.750. The number of ether oxygens (including phenoxy) is 2. The van der Waals surface area contributed by atoms with E-state index in [4.69, 9.17) is 0 Å². The first-order chi connectivity index (χ1) is 6.97. The normalized spacial score (nSPS) is 11.6. The maximum atomic E-state index is 11.1. The first-order valence-corrected chi connectivity index (χ1v) is 4.34. The van der Waals surface area contributed by atoms with Crippen LogP contribution in [0.15, 0.2) is 0 Å². The summed E-state index contributed by atoms with van der Waals surface area (Å²) in [6.07, 6.45) is -0.805. The average Bonchev–Trinajstić information content (AvgIpc) is 2.14. The molecule has 0 aromatic heterocycles. The first kappa shape index (κ1) is 13.3. The zero-order valence-electron chi connectivity index (χ0n) is 8.60. The minimum atomic E-state index is -1.05. The molecule has 15 heavy (non-hydrogen) atoms. The van der Waals surface area contributed by atoms with Crippen molar-refractivity contribution in [2.45, 2.75) is 25.9 Å². The lowest BCUT2D eigenvalue weighted by molar-refractivity contribution is -0.480. The van der Waals surface area contributed by atoms with E-state index in [0.29, 0.717) is 0 Å². The van der Waals surface area contributed by atoms with Gasteiger partial charge in [-0.1, -0.05) is 0 Å². The largest absolute Gasteiger partial charge is 0.466 e. The van der Waals surface area contributed by atoms with E-state index in [1.54, 1.807) is 0 Å². The Balaban J connectivity index is 4.07. The van der Waals surface area contributed by atoms with Crippen LogP contribution in [0.4, 0.5) is 0 Å². The molecule has 0 aliphatic rings. The topological polar surface area (TPSA) is 95.7 Å². The number of esters is 2. The quantitative estimate of drug-likeness (QED) is 0.358. The van der Waals surface area contributed by atoms with Crippen LogP contribution in [0.2, 0.25) is 0 Å². The molecule has 0 N–H and O–H groups in total. The molecule has 0 aromatic rings. The zero-order valence-corrected chi connectivity index (χ0v) is 8.60. The summed E-state index contributed by atoms with van der Waals surface area (Å²) >= 11 is 0. The highest BCUT2D eigenvalue weighted by Gasteiger charge is 2.22. The van der Waals surface area contributed by atoms with Crippen LogP contribution in [0.25, 0.3) is 0 Å². The van der Waals surface area contributed by atoms with Gasteiger partial charge >= 0.3 is 11.9 Å². The number of hydrogen-bond acceptors (Lipinski definition) is 6. The lowest BCUT2D eigenvalue weighted by Crippen LogP contribution is -2.28. The van der Waals surface area contributed by atoms with Crippen molar-refractivity contribution in [3.63, 3.8) is 0 Å². The van der Waals surface area contributed by atoms with Crippen LogP contribution in [0.5, 0.6) is 0 Å². The van der Waals surface area contributed by atoms with Crippen LogP contribution in [0, 0.1) is 10.1 Å². The number of carbonyl (C=O) groups excluding carboxylic acids is 2. The highest BCUT2D eigenvalue weighted by molar-refractivity contribution is 5.78. The molecule has 0 amide bonds. The van der Waals surface area contributed by atoms with Crippen molar-refractivity contribution in [2.24, 2.45) is 0 Å². The molecular formula is C8H13NO6. The maximum absolute atomic E-state index is 11.1. The van der Waals surface area contributed by atoms with Crippen LogP contribution in [-0.2, 0) is 19.1 Å². The molecule has 0 aliphatic heterocycles. The van der Waals surface area contributed by atoms with Crippen molar-refractivity contribution in [3.05, 3.63) is 10.1 Å². The molecular weight excluding hydrogens is 206 g/mol. The van der Waals surface area contributed by atoms with Gasteiger partial charge in [0.25, 0.3) is 0 Å². The Morgan fingerprint density at radius 2 is 2.07 bits per heavy atom. The van der Waals surface area contributed by atoms with Crippen molar-refractivity contribution >= 4 is 11.9 Å². The summed E-state index contributed by atoms with van der Waals surface area (Å²) in [6.45, 7) is 0.887. The lowest BCUT2D eigenvalue weighted by Gasteiger charge is -2.13. The Kier molecular flexibility index (Phi) is 6.00. The van der Waals surface area contributed by atoms with Gasteiger partial charge in [0.2, 0.25) is 6.54 Å². The van der Waals surface area contributed by atoms with E-state index in [0.717, 1.165) is 14.0 Å². The third kappa shape index (κ3) is 6.42. The van der Waals surface area contributed by atoms with Crippen molar-refractivity contribution in [2.75, 3.05) is 13.7 Å². The summed E-state index contributed by atoms with van der Waals surface area (Å²) in [5.41, 5.74) is 0. The highest BCUT2D eigenvalue weighted by Crippen LogP contribution is 2.05. The van der Waals surface area contributed by atoms with Gasteiger partial charge in [-0.05, 0) is 0 Å². The van der Waals surface area contributed by atoms with Gasteiger partial charge in [-0.25, -0.2) is 4.79 Å². The van der Waals surface area contributed by atoms with Crippen LogP contribution < -0.4 is 0 Å². The standard InChI is InChI=1S/C8H13NO6/c1-6(10)15-7(8(11)14-2)4-3-5-9(12)13/h7H,3-5H2,1-2H3. The molecule has 86 valence electrons. The van der Waals surface area contributed by atoms with Gasteiger partial charge < -0.3 is 9.47 Å². The van der Waals surface area contributed by atoms with E-state index in [2.05, 4.69) is 9.47 Å². The molecule has 0 aliphatic carbocycles. The summed E-state index contributed by atoms with van der Waals surface area (Å²) in [7, 11) is 1.16. The molecule has 0 aromatic carbocycles. The average molecular weight is 219 g/mol. The van der Waals surface area contributed by atoms with Crippen molar-refractivity contribution in [1.29, 1.82) is 0 Å². The van der Waals surface area contributed by atoms with Crippen LogP contribution in [-0.4, -0.2) is 36.6 Å². The number of carbonyl (C=O) groups is 2. The fourth-order valence-corrected chi connectivity index (χ4v) is 0.962. The Hall–Kier alpha value is -1.66. The smallest absolute Gasteiger partial charge is 0.347 e. The van der Waals surface area contributed by atoms with Gasteiger partial charge in [0.1, 0.15) is 0 Å². The van der Waals surface area contributed by atoms with Crippen molar-refractivity contribution in [1.82, 2.24) is 0 Å². The van der Waals surface area contributed by atoms with Gasteiger partial charge in [0.15, 0.2) is 6.10 Å². The van der Waals surface area contributed by atoms with Crippen LogP contribution in [0.3, 0.4) is 0 Å². The summed E-state index contributed by atoms with van der Waals surface area (Å²) in [6, 6.07) is 0. The molecule has 0 rings (SSSR count). The van der Waals surface area contributed by atoms with E-state index in [-0.39, 0.29) is 19.4 Å². The van der Waals surface area contributed by atoms with E-state index in [1.807, 2.05) is 0 Å².